The summed E-state index contributed by atoms with van der Waals surface area (Å²) in [5.74, 6) is 0.548. The largest absolute Gasteiger partial charge is 0.381 e. The van der Waals surface area contributed by atoms with Crippen molar-refractivity contribution < 1.29 is 4.74 Å². The van der Waals surface area contributed by atoms with Gasteiger partial charge in [0.15, 0.2) is 0 Å². The zero-order chi connectivity index (χ0) is 13.7. The molecule has 4 heteroatoms. The van der Waals surface area contributed by atoms with Crippen molar-refractivity contribution in [1.82, 2.24) is 5.32 Å². The molecule has 2 nitrogen and oxygen atoms in total. The number of hydrogen-bond acceptors (Lipinski definition) is 2. The van der Waals surface area contributed by atoms with Crippen LogP contribution in [0.5, 0.6) is 0 Å². The van der Waals surface area contributed by atoms with Crippen molar-refractivity contribution >= 4 is 34.2 Å². The van der Waals surface area contributed by atoms with Gasteiger partial charge in [-0.2, -0.15) is 0 Å². The first-order valence-electron chi connectivity index (χ1n) is 6.98. The van der Waals surface area contributed by atoms with Crippen LogP contribution in [-0.2, 0) is 4.74 Å². The highest BCUT2D eigenvalue weighted by Crippen LogP contribution is 2.33. The van der Waals surface area contributed by atoms with E-state index in [2.05, 4.69) is 47.0 Å². The molecular formula is C15H21ClINO. The molecular weight excluding hydrogens is 373 g/mol. The molecule has 1 heterocycles. The molecule has 0 spiro atoms. The van der Waals surface area contributed by atoms with Crippen LogP contribution in [0.3, 0.4) is 0 Å². The van der Waals surface area contributed by atoms with Crippen LogP contribution in [-0.4, -0.2) is 19.8 Å². The number of rotatable bonds is 5. The van der Waals surface area contributed by atoms with E-state index in [4.69, 9.17) is 16.3 Å². The number of hydrogen-bond donors (Lipinski definition) is 1. The Labute approximate surface area is 134 Å². The molecule has 2 unspecified atom stereocenters. The van der Waals surface area contributed by atoms with E-state index in [1.165, 1.54) is 15.6 Å². The Kier molecular flexibility index (Phi) is 6.39. The standard InChI is InChI=1S/C15H21ClINO/c1-2-7-18-15(11-4-3-8-19-10-11)13-9-12(16)5-6-14(13)17/h5-6,9,11,15,18H,2-4,7-8,10H2,1H3. The molecule has 19 heavy (non-hydrogen) atoms. The van der Waals surface area contributed by atoms with Gasteiger partial charge in [0, 0.05) is 27.2 Å². The van der Waals surface area contributed by atoms with E-state index in [0.717, 1.165) is 37.6 Å². The van der Waals surface area contributed by atoms with Gasteiger partial charge in [-0.1, -0.05) is 18.5 Å². The van der Waals surface area contributed by atoms with Gasteiger partial charge in [0.1, 0.15) is 0 Å². The Balaban J connectivity index is 2.22. The molecule has 0 radical (unpaired) electrons. The van der Waals surface area contributed by atoms with E-state index in [1.807, 2.05) is 6.07 Å². The van der Waals surface area contributed by atoms with Gasteiger partial charge in [-0.25, -0.2) is 0 Å². The topological polar surface area (TPSA) is 21.3 Å². The molecule has 1 aromatic carbocycles. The van der Waals surface area contributed by atoms with Gasteiger partial charge in [-0.3, -0.25) is 0 Å². The van der Waals surface area contributed by atoms with Crippen molar-refractivity contribution in [2.24, 2.45) is 5.92 Å². The summed E-state index contributed by atoms with van der Waals surface area (Å²) in [6.07, 6.45) is 3.53. The van der Waals surface area contributed by atoms with Crippen molar-refractivity contribution in [3.63, 3.8) is 0 Å². The zero-order valence-electron chi connectivity index (χ0n) is 11.3. The molecule has 1 aliphatic heterocycles. The van der Waals surface area contributed by atoms with Crippen LogP contribution in [0.4, 0.5) is 0 Å². The zero-order valence-corrected chi connectivity index (χ0v) is 14.2. The predicted molar refractivity (Wildman–Crippen MR) is 88.7 cm³/mol. The van der Waals surface area contributed by atoms with E-state index in [9.17, 15) is 0 Å². The first-order chi connectivity index (χ1) is 9.22. The third kappa shape index (κ3) is 4.31. The Hall–Kier alpha value is 0.160. The Morgan fingerprint density at radius 3 is 3.05 bits per heavy atom. The summed E-state index contributed by atoms with van der Waals surface area (Å²) in [5, 5.41) is 4.50. The average molecular weight is 394 g/mol. The Bertz CT molecular complexity index is 407. The van der Waals surface area contributed by atoms with Crippen molar-refractivity contribution in [3.05, 3.63) is 32.4 Å². The van der Waals surface area contributed by atoms with E-state index in [1.54, 1.807) is 0 Å². The predicted octanol–water partition coefficient (Wildman–Crippen LogP) is 4.41. The second-order valence-corrected chi connectivity index (χ2v) is 6.67. The van der Waals surface area contributed by atoms with Gasteiger partial charge >= 0.3 is 0 Å². The van der Waals surface area contributed by atoms with E-state index >= 15 is 0 Å². The summed E-state index contributed by atoms with van der Waals surface area (Å²) in [7, 11) is 0. The quantitative estimate of drug-likeness (QED) is 0.748. The maximum absolute atomic E-state index is 6.17. The lowest BCUT2D eigenvalue weighted by Gasteiger charge is -2.32. The van der Waals surface area contributed by atoms with Crippen LogP contribution < -0.4 is 5.32 Å². The monoisotopic (exact) mass is 393 g/mol. The summed E-state index contributed by atoms with van der Waals surface area (Å²) in [6, 6.07) is 6.51. The molecule has 0 aliphatic carbocycles. The maximum Gasteiger partial charge on any atom is 0.0512 e. The minimum absolute atomic E-state index is 0.353. The van der Waals surface area contributed by atoms with Gasteiger partial charge < -0.3 is 10.1 Å². The molecule has 0 bridgehead atoms. The number of nitrogens with one attached hydrogen (secondary N) is 1. The van der Waals surface area contributed by atoms with Gasteiger partial charge in [-0.15, -0.1) is 0 Å². The Morgan fingerprint density at radius 2 is 2.37 bits per heavy atom. The van der Waals surface area contributed by atoms with Crippen LogP contribution in [0.15, 0.2) is 18.2 Å². The second kappa shape index (κ2) is 7.81. The van der Waals surface area contributed by atoms with Crippen molar-refractivity contribution in [1.29, 1.82) is 0 Å². The lowest BCUT2D eigenvalue weighted by molar-refractivity contribution is 0.0389. The average Bonchev–Trinajstić information content (AvgIpc) is 2.44. The summed E-state index contributed by atoms with van der Waals surface area (Å²) < 4.78 is 6.94. The lowest BCUT2D eigenvalue weighted by Crippen LogP contribution is -2.34. The first kappa shape index (κ1) is 15.5. The highest BCUT2D eigenvalue weighted by molar-refractivity contribution is 14.1. The molecule has 1 N–H and O–H groups in total. The van der Waals surface area contributed by atoms with Gasteiger partial charge in [0.25, 0.3) is 0 Å². The molecule has 0 aromatic heterocycles. The third-order valence-electron chi connectivity index (χ3n) is 3.57. The summed E-state index contributed by atoms with van der Waals surface area (Å²) in [5.41, 5.74) is 1.32. The van der Waals surface area contributed by atoms with Crippen LogP contribution in [0.1, 0.15) is 37.8 Å². The second-order valence-electron chi connectivity index (χ2n) is 5.07. The van der Waals surface area contributed by atoms with Crippen LogP contribution in [0.2, 0.25) is 5.02 Å². The summed E-state index contributed by atoms with van der Waals surface area (Å²) >= 11 is 8.57. The summed E-state index contributed by atoms with van der Waals surface area (Å²) in [6.45, 7) is 4.99. The summed E-state index contributed by atoms with van der Waals surface area (Å²) in [4.78, 5) is 0. The normalized spacial score (nSPS) is 21.3. The van der Waals surface area contributed by atoms with Gasteiger partial charge in [0.05, 0.1) is 6.61 Å². The SMILES string of the molecule is CCCNC(c1cc(Cl)ccc1I)C1CCCOC1. The van der Waals surface area contributed by atoms with Gasteiger partial charge in [0.2, 0.25) is 0 Å². The number of ether oxygens (including phenoxy) is 1. The van der Waals surface area contributed by atoms with Crippen molar-refractivity contribution in [3.8, 4) is 0 Å². The molecule has 1 fully saturated rings. The molecule has 106 valence electrons. The third-order valence-corrected chi connectivity index (χ3v) is 4.79. The molecule has 1 aromatic rings. The molecule has 2 rings (SSSR count). The maximum atomic E-state index is 6.17. The Morgan fingerprint density at radius 1 is 1.53 bits per heavy atom. The molecule has 0 saturated carbocycles. The molecule has 2 atom stereocenters. The van der Waals surface area contributed by atoms with Crippen molar-refractivity contribution in [2.75, 3.05) is 19.8 Å². The minimum Gasteiger partial charge on any atom is -0.381 e. The highest BCUT2D eigenvalue weighted by Gasteiger charge is 2.26. The van der Waals surface area contributed by atoms with Gasteiger partial charge in [-0.05, 0) is 72.2 Å². The molecule has 0 amide bonds. The number of halogens is 2. The van der Waals surface area contributed by atoms with E-state index in [0.29, 0.717) is 12.0 Å². The van der Waals surface area contributed by atoms with Crippen LogP contribution in [0.25, 0.3) is 0 Å². The van der Waals surface area contributed by atoms with Crippen molar-refractivity contribution in [2.45, 2.75) is 32.2 Å². The fourth-order valence-corrected chi connectivity index (χ4v) is 3.46. The molecule has 1 aliphatic rings. The van der Waals surface area contributed by atoms with Crippen LogP contribution >= 0.6 is 34.2 Å². The number of benzene rings is 1. The smallest absolute Gasteiger partial charge is 0.0512 e. The van der Waals surface area contributed by atoms with E-state index in [-0.39, 0.29) is 0 Å². The lowest BCUT2D eigenvalue weighted by atomic mass is 9.88. The fourth-order valence-electron chi connectivity index (χ4n) is 2.61. The molecule has 1 saturated heterocycles. The fraction of sp³-hybridized carbons (Fsp3) is 0.600. The first-order valence-corrected chi connectivity index (χ1v) is 8.44. The van der Waals surface area contributed by atoms with E-state index < -0.39 is 0 Å². The highest BCUT2D eigenvalue weighted by atomic mass is 127. The van der Waals surface area contributed by atoms with Crippen LogP contribution in [0, 0.1) is 9.49 Å². The minimum atomic E-state index is 0.353.